The van der Waals surface area contributed by atoms with Gasteiger partial charge in [-0.15, -0.1) is 0 Å². The van der Waals surface area contributed by atoms with Crippen LogP contribution in [0.1, 0.15) is 27.4 Å². The van der Waals surface area contributed by atoms with Gasteiger partial charge in [0.15, 0.2) is 0 Å². The van der Waals surface area contributed by atoms with Crippen LogP contribution in [0.25, 0.3) is 0 Å². The van der Waals surface area contributed by atoms with Crippen LogP contribution in [0.5, 0.6) is 0 Å². The summed E-state index contributed by atoms with van der Waals surface area (Å²) >= 11 is 1.62. The molecule has 0 unspecified atom stereocenters. The fourth-order valence-electron chi connectivity index (χ4n) is 1.53. The van der Waals surface area contributed by atoms with Crippen LogP contribution in [-0.2, 0) is 6.54 Å². The molecule has 2 aromatic heterocycles. The van der Waals surface area contributed by atoms with Gasteiger partial charge in [-0.25, -0.2) is 0 Å². The first kappa shape index (κ1) is 11.0. The maximum Gasteiger partial charge on any atom is 0.255 e. The fraction of sp³-hybridized carbons (Fsp3) is 0.250. The Hall–Kier alpha value is -1.55. The minimum Gasteiger partial charge on any atom is -0.466 e. The number of aryl methyl sites for hydroxylation is 2. The molecule has 0 atom stereocenters. The largest absolute Gasteiger partial charge is 0.466 e. The maximum atomic E-state index is 11.8. The number of carbonyl (C=O) groups is 1. The van der Waals surface area contributed by atoms with Crippen LogP contribution in [0.15, 0.2) is 27.3 Å². The third-order valence-corrected chi connectivity index (χ3v) is 3.05. The minimum absolute atomic E-state index is 0.0828. The third kappa shape index (κ3) is 2.33. The second kappa shape index (κ2) is 4.53. The molecule has 2 aromatic rings. The van der Waals surface area contributed by atoms with Gasteiger partial charge in [0.05, 0.1) is 5.56 Å². The third-order valence-electron chi connectivity index (χ3n) is 2.32. The van der Waals surface area contributed by atoms with E-state index in [2.05, 4.69) is 5.32 Å². The minimum atomic E-state index is -0.0828. The molecule has 2 rings (SSSR count). The van der Waals surface area contributed by atoms with E-state index in [9.17, 15) is 4.79 Å². The summed E-state index contributed by atoms with van der Waals surface area (Å²) in [6.07, 6.45) is 0. The van der Waals surface area contributed by atoms with E-state index in [1.807, 2.05) is 23.8 Å². The summed E-state index contributed by atoms with van der Waals surface area (Å²) in [5.74, 6) is 1.35. The number of thiophene rings is 1. The lowest BCUT2D eigenvalue weighted by atomic mass is 10.2. The van der Waals surface area contributed by atoms with Gasteiger partial charge in [-0.3, -0.25) is 4.79 Å². The van der Waals surface area contributed by atoms with Crippen molar-refractivity contribution in [1.29, 1.82) is 0 Å². The van der Waals surface area contributed by atoms with E-state index in [0.29, 0.717) is 17.9 Å². The lowest BCUT2D eigenvalue weighted by molar-refractivity contribution is 0.0949. The molecule has 0 saturated heterocycles. The zero-order valence-corrected chi connectivity index (χ0v) is 10.1. The van der Waals surface area contributed by atoms with Crippen molar-refractivity contribution >= 4 is 17.2 Å². The summed E-state index contributed by atoms with van der Waals surface area (Å²) in [6, 6.07) is 3.76. The molecule has 2 heterocycles. The van der Waals surface area contributed by atoms with Crippen LogP contribution < -0.4 is 5.32 Å². The first-order valence-corrected chi connectivity index (χ1v) is 5.97. The average molecular weight is 235 g/mol. The van der Waals surface area contributed by atoms with Crippen molar-refractivity contribution in [3.05, 3.63) is 45.5 Å². The Morgan fingerprint density at radius 1 is 1.50 bits per heavy atom. The molecular weight excluding hydrogens is 222 g/mol. The van der Waals surface area contributed by atoms with Gasteiger partial charge < -0.3 is 9.73 Å². The van der Waals surface area contributed by atoms with Crippen LogP contribution in [0, 0.1) is 13.8 Å². The van der Waals surface area contributed by atoms with Crippen LogP contribution >= 0.6 is 11.3 Å². The first-order chi connectivity index (χ1) is 7.66. The quantitative estimate of drug-likeness (QED) is 0.888. The summed E-state index contributed by atoms with van der Waals surface area (Å²) in [6.45, 7) is 4.20. The van der Waals surface area contributed by atoms with Crippen molar-refractivity contribution in [2.45, 2.75) is 20.4 Å². The smallest absolute Gasteiger partial charge is 0.255 e. The van der Waals surface area contributed by atoms with Crippen LogP contribution in [0.3, 0.4) is 0 Å². The molecule has 1 amide bonds. The zero-order chi connectivity index (χ0) is 11.5. The highest BCUT2D eigenvalue weighted by Gasteiger charge is 2.12. The molecule has 0 fully saturated rings. The maximum absolute atomic E-state index is 11.8. The van der Waals surface area contributed by atoms with Gasteiger partial charge in [-0.1, -0.05) is 0 Å². The molecule has 0 bridgehead atoms. The monoisotopic (exact) mass is 235 g/mol. The van der Waals surface area contributed by atoms with Crippen LogP contribution in [0.4, 0.5) is 0 Å². The lowest BCUT2D eigenvalue weighted by Crippen LogP contribution is -2.22. The van der Waals surface area contributed by atoms with E-state index in [0.717, 1.165) is 11.3 Å². The molecule has 0 aromatic carbocycles. The van der Waals surface area contributed by atoms with Gasteiger partial charge in [0.1, 0.15) is 11.5 Å². The number of furan rings is 1. The molecule has 0 spiro atoms. The highest BCUT2D eigenvalue weighted by atomic mass is 32.1. The molecule has 0 aliphatic rings. The topological polar surface area (TPSA) is 42.2 Å². The highest BCUT2D eigenvalue weighted by Crippen LogP contribution is 2.13. The first-order valence-electron chi connectivity index (χ1n) is 5.03. The van der Waals surface area contributed by atoms with Gasteiger partial charge >= 0.3 is 0 Å². The van der Waals surface area contributed by atoms with Crippen molar-refractivity contribution < 1.29 is 9.21 Å². The number of rotatable bonds is 3. The predicted octanol–water partition coefficient (Wildman–Crippen LogP) is 2.89. The Labute approximate surface area is 98.1 Å². The van der Waals surface area contributed by atoms with Crippen molar-refractivity contribution in [2.75, 3.05) is 0 Å². The summed E-state index contributed by atoms with van der Waals surface area (Å²) < 4.78 is 5.31. The standard InChI is InChI=1S/C12H13NO2S/c1-8-5-11(9(2)15-8)12(14)13-6-10-3-4-16-7-10/h3-5,7H,6H2,1-2H3,(H,13,14). The molecule has 3 nitrogen and oxygen atoms in total. The van der Waals surface area contributed by atoms with E-state index in [1.165, 1.54) is 0 Å². The van der Waals surface area contributed by atoms with Crippen molar-refractivity contribution in [2.24, 2.45) is 0 Å². The summed E-state index contributed by atoms with van der Waals surface area (Å²) in [7, 11) is 0. The number of amides is 1. The van der Waals surface area contributed by atoms with Gasteiger partial charge in [0.2, 0.25) is 0 Å². The summed E-state index contributed by atoms with van der Waals surface area (Å²) in [5, 5.41) is 6.88. The average Bonchev–Trinajstić information content (AvgIpc) is 2.84. The number of hydrogen-bond acceptors (Lipinski definition) is 3. The molecule has 0 aliphatic heterocycles. The molecule has 1 N–H and O–H groups in total. The summed E-state index contributed by atoms with van der Waals surface area (Å²) in [4.78, 5) is 11.8. The fourth-order valence-corrected chi connectivity index (χ4v) is 2.20. The molecule has 16 heavy (non-hydrogen) atoms. The van der Waals surface area contributed by atoms with Crippen molar-refractivity contribution in [3.63, 3.8) is 0 Å². The molecule has 0 radical (unpaired) electrons. The molecule has 0 saturated carbocycles. The Morgan fingerprint density at radius 2 is 2.31 bits per heavy atom. The highest BCUT2D eigenvalue weighted by molar-refractivity contribution is 7.07. The number of carbonyl (C=O) groups excluding carboxylic acids is 1. The number of nitrogens with one attached hydrogen (secondary N) is 1. The lowest BCUT2D eigenvalue weighted by Gasteiger charge is -2.01. The molecule has 4 heteroatoms. The van der Waals surface area contributed by atoms with E-state index < -0.39 is 0 Å². The Morgan fingerprint density at radius 3 is 2.88 bits per heavy atom. The molecule has 84 valence electrons. The van der Waals surface area contributed by atoms with Crippen LogP contribution in [-0.4, -0.2) is 5.91 Å². The van der Waals surface area contributed by atoms with Crippen LogP contribution in [0.2, 0.25) is 0 Å². The van der Waals surface area contributed by atoms with Gasteiger partial charge in [-0.05, 0) is 42.3 Å². The Kier molecular flexibility index (Phi) is 3.10. The second-order valence-corrected chi connectivity index (χ2v) is 4.42. The molecule has 0 aliphatic carbocycles. The summed E-state index contributed by atoms with van der Waals surface area (Å²) in [5.41, 5.74) is 1.74. The predicted molar refractivity (Wildman–Crippen MR) is 63.7 cm³/mol. The van der Waals surface area contributed by atoms with Gasteiger partial charge in [0.25, 0.3) is 5.91 Å². The Bertz CT molecular complexity index is 485. The van der Waals surface area contributed by atoms with E-state index in [4.69, 9.17) is 4.42 Å². The van der Waals surface area contributed by atoms with Gasteiger partial charge in [0, 0.05) is 6.54 Å². The number of hydrogen-bond donors (Lipinski definition) is 1. The van der Waals surface area contributed by atoms with Crippen molar-refractivity contribution in [1.82, 2.24) is 5.32 Å². The van der Waals surface area contributed by atoms with E-state index in [1.54, 1.807) is 24.3 Å². The van der Waals surface area contributed by atoms with E-state index in [-0.39, 0.29) is 5.91 Å². The van der Waals surface area contributed by atoms with E-state index >= 15 is 0 Å². The van der Waals surface area contributed by atoms with Gasteiger partial charge in [-0.2, -0.15) is 11.3 Å². The van der Waals surface area contributed by atoms with Crippen molar-refractivity contribution in [3.8, 4) is 0 Å². The normalized spacial score (nSPS) is 10.4. The SMILES string of the molecule is Cc1cc(C(=O)NCc2ccsc2)c(C)o1. The second-order valence-electron chi connectivity index (χ2n) is 3.64. The zero-order valence-electron chi connectivity index (χ0n) is 9.24. The molecular formula is C12H13NO2S. The Balaban J connectivity index is 2.01.